The fourth-order valence-corrected chi connectivity index (χ4v) is 2.69. The molecule has 0 aromatic heterocycles. The van der Waals surface area contributed by atoms with E-state index >= 15 is 0 Å². The molecule has 1 aromatic carbocycles. The number of hydrogen-bond donors (Lipinski definition) is 1. The summed E-state index contributed by atoms with van der Waals surface area (Å²) in [7, 11) is 2.17. The number of ether oxygens (including phenoxy) is 1. The van der Waals surface area contributed by atoms with Gasteiger partial charge >= 0.3 is 0 Å². The van der Waals surface area contributed by atoms with E-state index in [0.29, 0.717) is 0 Å². The van der Waals surface area contributed by atoms with Crippen molar-refractivity contribution in [2.75, 3.05) is 57.8 Å². The normalized spacial score (nSPS) is 15.5. The second-order valence-electron chi connectivity index (χ2n) is 5.74. The third-order valence-electron chi connectivity index (χ3n) is 3.88. The first-order valence-corrected chi connectivity index (χ1v) is 8.16. The van der Waals surface area contributed by atoms with Crippen LogP contribution in [0.5, 0.6) is 5.75 Å². The molecule has 1 saturated heterocycles. The van der Waals surface area contributed by atoms with E-state index < -0.39 is 0 Å². The minimum atomic E-state index is 0.793. The van der Waals surface area contributed by atoms with Crippen LogP contribution in [-0.4, -0.2) is 57.8 Å². The molecule has 1 heterocycles. The Hall–Kier alpha value is -1.26. The summed E-state index contributed by atoms with van der Waals surface area (Å²) < 4.78 is 5.82. The van der Waals surface area contributed by atoms with Gasteiger partial charge < -0.3 is 19.9 Å². The van der Waals surface area contributed by atoms with Gasteiger partial charge in [-0.15, -0.1) is 0 Å². The molecular formula is C17H29N3O. The largest absolute Gasteiger partial charge is 0.494 e. The summed E-state index contributed by atoms with van der Waals surface area (Å²) in [6.07, 6.45) is 2.29. The molecule has 1 aromatic rings. The van der Waals surface area contributed by atoms with Crippen molar-refractivity contribution < 1.29 is 4.74 Å². The zero-order chi connectivity index (χ0) is 14.9. The van der Waals surface area contributed by atoms with E-state index in [1.807, 2.05) is 0 Å². The van der Waals surface area contributed by atoms with Crippen LogP contribution in [0.1, 0.15) is 19.8 Å². The van der Waals surface area contributed by atoms with Crippen molar-refractivity contribution in [1.82, 2.24) is 10.2 Å². The van der Waals surface area contributed by atoms with Gasteiger partial charge in [0, 0.05) is 38.4 Å². The summed E-state index contributed by atoms with van der Waals surface area (Å²) >= 11 is 0. The number of nitrogens with zero attached hydrogens (tertiary/aromatic N) is 2. The monoisotopic (exact) mass is 291 g/mol. The highest BCUT2D eigenvalue weighted by molar-refractivity contribution is 5.49. The molecule has 21 heavy (non-hydrogen) atoms. The predicted molar refractivity (Wildman–Crippen MR) is 89.4 cm³/mol. The van der Waals surface area contributed by atoms with Crippen molar-refractivity contribution in [2.24, 2.45) is 0 Å². The zero-order valence-corrected chi connectivity index (χ0v) is 13.5. The highest BCUT2D eigenvalue weighted by Crippen LogP contribution is 2.19. The fraction of sp³-hybridized carbons (Fsp3) is 0.647. The van der Waals surface area contributed by atoms with E-state index in [1.165, 1.54) is 18.7 Å². The molecule has 4 nitrogen and oxygen atoms in total. The maximum Gasteiger partial charge on any atom is 0.119 e. The Kier molecular flexibility index (Phi) is 6.83. The molecule has 0 aliphatic carbocycles. The van der Waals surface area contributed by atoms with Gasteiger partial charge in [-0.3, -0.25) is 0 Å². The Labute approximate surface area is 129 Å². The van der Waals surface area contributed by atoms with E-state index in [-0.39, 0.29) is 0 Å². The van der Waals surface area contributed by atoms with Gasteiger partial charge in [0.05, 0.1) is 6.61 Å². The van der Waals surface area contributed by atoms with E-state index in [2.05, 4.69) is 53.4 Å². The summed E-state index contributed by atoms with van der Waals surface area (Å²) in [6.45, 7) is 9.60. The molecule has 2 rings (SSSR count). The first kappa shape index (κ1) is 16.1. The first-order chi connectivity index (χ1) is 10.3. The van der Waals surface area contributed by atoms with Gasteiger partial charge in [0.2, 0.25) is 0 Å². The zero-order valence-electron chi connectivity index (χ0n) is 13.5. The smallest absolute Gasteiger partial charge is 0.119 e. The van der Waals surface area contributed by atoms with Crippen LogP contribution in [0.3, 0.4) is 0 Å². The number of benzene rings is 1. The van der Waals surface area contributed by atoms with E-state index in [1.54, 1.807) is 0 Å². The van der Waals surface area contributed by atoms with Crippen molar-refractivity contribution in [3.05, 3.63) is 24.3 Å². The molecule has 0 radical (unpaired) electrons. The molecule has 4 heteroatoms. The summed E-state index contributed by atoms with van der Waals surface area (Å²) in [5.74, 6) is 0.979. The molecule has 1 aliphatic rings. The van der Waals surface area contributed by atoms with Crippen molar-refractivity contribution in [3.63, 3.8) is 0 Å². The van der Waals surface area contributed by atoms with E-state index in [0.717, 1.165) is 51.5 Å². The first-order valence-electron chi connectivity index (χ1n) is 8.16. The van der Waals surface area contributed by atoms with Crippen LogP contribution in [0, 0.1) is 0 Å². The van der Waals surface area contributed by atoms with Gasteiger partial charge in [-0.2, -0.15) is 0 Å². The molecule has 1 aliphatic heterocycles. The van der Waals surface area contributed by atoms with Crippen LogP contribution < -0.4 is 15.0 Å². The second-order valence-corrected chi connectivity index (χ2v) is 5.74. The van der Waals surface area contributed by atoms with Crippen LogP contribution in [0.4, 0.5) is 5.69 Å². The standard InChI is InChI=1S/C17H29N3O/c1-3-11-19(2)12-4-15-21-17-7-5-16(6-8-17)20-13-9-18-10-14-20/h5-8,18H,3-4,9-15H2,1-2H3. The lowest BCUT2D eigenvalue weighted by molar-refractivity contribution is 0.263. The highest BCUT2D eigenvalue weighted by Gasteiger charge is 2.09. The Morgan fingerprint density at radius 1 is 1.14 bits per heavy atom. The quantitative estimate of drug-likeness (QED) is 0.743. The van der Waals surface area contributed by atoms with Gasteiger partial charge in [-0.25, -0.2) is 0 Å². The van der Waals surface area contributed by atoms with Crippen LogP contribution in [0.15, 0.2) is 24.3 Å². The number of anilines is 1. The van der Waals surface area contributed by atoms with Crippen molar-refractivity contribution in [1.29, 1.82) is 0 Å². The Morgan fingerprint density at radius 3 is 2.52 bits per heavy atom. The van der Waals surface area contributed by atoms with Gasteiger partial charge in [0.15, 0.2) is 0 Å². The molecule has 118 valence electrons. The van der Waals surface area contributed by atoms with Gasteiger partial charge in [0.1, 0.15) is 5.75 Å². The summed E-state index contributed by atoms with van der Waals surface area (Å²) in [5, 5.41) is 3.38. The van der Waals surface area contributed by atoms with Crippen LogP contribution >= 0.6 is 0 Å². The van der Waals surface area contributed by atoms with E-state index in [4.69, 9.17) is 4.74 Å². The minimum Gasteiger partial charge on any atom is -0.494 e. The Bertz CT molecular complexity index is 388. The summed E-state index contributed by atoms with van der Waals surface area (Å²) in [4.78, 5) is 4.77. The minimum absolute atomic E-state index is 0.793. The van der Waals surface area contributed by atoms with Crippen LogP contribution in [0.2, 0.25) is 0 Å². The number of rotatable bonds is 8. The fourth-order valence-electron chi connectivity index (χ4n) is 2.69. The van der Waals surface area contributed by atoms with Crippen molar-refractivity contribution in [3.8, 4) is 5.75 Å². The van der Waals surface area contributed by atoms with Gasteiger partial charge in [-0.05, 0) is 50.7 Å². The second kappa shape index (κ2) is 8.90. The number of piperazine rings is 1. The average Bonchev–Trinajstić information content (AvgIpc) is 2.53. The number of hydrogen-bond acceptors (Lipinski definition) is 4. The van der Waals surface area contributed by atoms with Gasteiger partial charge in [0.25, 0.3) is 0 Å². The van der Waals surface area contributed by atoms with E-state index in [9.17, 15) is 0 Å². The molecule has 0 atom stereocenters. The van der Waals surface area contributed by atoms with Gasteiger partial charge in [-0.1, -0.05) is 6.92 Å². The summed E-state index contributed by atoms with van der Waals surface area (Å²) in [6, 6.07) is 8.52. The van der Waals surface area contributed by atoms with Crippen LogP contribution in [-0.2, 0) is 0 Å². The maximum absolute atomic E-state index is 5.82. The molecule has 1 fully saturated rings. The Morgan fingerprint density at radius 2 is 1.86 bits per heavy atom. The Balaban J connectivity index is 1.69. The third kappa shape index (κ3) is 5.56. The lowest BCUT2D eigenvalue weighted by Gasteiger charge is -2.29. The maximum atomic E-state index is 5.82. The SMILES string of the molecule is CCCN(C)CCCOc1ccc(N2CCNCC2)cc1. The third-order valence-corrected chi connectivity index (χ3v) is 3.88. The summed E-state index contributed by atoms with van der Waals surface area (Å²) in [5.41, 5.74) is 1.30. The molecule has 1 N–H and O–H groups in total. The molecular weight excluding hydrogens is 262 g/mol. The van der Waals surface area contributed by atoms with Crippen LogP contribution in [0.25, 0.3) is 0 Å². The highest BCUT2D eigenvalue weighted by atomic mass is 16.5. The lowest BCUT2D eigenvalue weighted by Crippen LogP contribution is -2.43. The number of nitrogens with one attached hydrogen (secondary N) is 1. The molecule has 0 spiro atoms. The lowest BCUT2D eigenvalue weighted by atomic mass is 10.2. The van der Waals surface area contributed by atoms with Crippen molar-refractivity contribution >= 4 is 5.69 Å². The molecule has 0 bridgehead atoms. The average molecular weight is 291 g/mol. The molecule has 0 unspecified atom stereocenters. The van der Waals surface area contributed by atoms with Crippen molar-refractivity contribution in [2.45, 2.75) is 19.8 Å². The molecule has 0 saturated carbocycles. The predicted octanol–water partition coefficient (Wildman–Crippen LogP) is 2.21. The molecule has 0 amide bonds. The topological polar surface area (TPSA) is 27.7 Å².